The first-order valence-corrected chi connectivity index (χ1v) is 13.0. The number of piperazine rings is 1. The lowest BCUT2D eigenvalue weighted by Crippen LogP contribution is -2.53. The zero-order valence-corrected chi connectivity index (χ0v) is 20.2. The Bertz CT molecular complexity index is 1070. The highest BCUT2D eigenvalue weighted by Crippen LogP contribution is 2.34. The molecule has 1 saturated heterocycles. The molecular formula is C22H29N3O5S2. The van der Waals surface area contributed by atoms with E-state index in [4.69, 9.17) is 9.47 Å². The number of aryl methyl sites for hydroxylation is 1. The van der Waals surface area contributed by atoms with Gasteiger partial charge in [-0.3, -0.25) is 0 Å². The number of hydrogen-bond donors (Lipinski definition) is 1. The Hall–Kier alpha value is -2.30. The molecule has 1 aromatic carbocycles. The third-order valence-electron chi connectivity index (χ3n) is 5.71. The van der Waals surface area contributed by atoms with E-state index in [1.165, 1.54) is 15.6 Å². The van der Waals surface area contributed by atoms with Gasteiger partial charge < -0.3 is 19.7 Å². The van der Waals surface area contributed by atoms with Crippen LogP contribution in [0.5, 0.6) is 11.5 Å². The van der Waals surface area contributed by atoms with Crippen molar-refractivity contribution < 1.29 is 22.7 Å². The van der Waals surface area contributed by atoms with E-state index in [0.29, 0.717) is 42.0 Å². The predicted octanol–water partition coefficient (Wildman–Crippen LogP) is 3.24. The van der Waals surface area contributed by atoms with Gasteiger partial charge in [-0.15, -0.1) is 11.3 Å². The molecule has 3 heterocycles. The fourth-order valence-electron chi connectivity index (χ4n) is 3.92. The predicted molar refractivity (Wildman–Crippen MR) is 123 cm³/mol. The monoisotopic (exact) mass is 479 g/mol. The van der Waals surface area contributed by atoms with Gasteiger partial charge in [-0.1, -0.05) is 19.9 Å². The van der Waals surface area contributed by atoms with Crippen molar-refractivity contribution in [1.29, 1.82) is 0 Å². The molecule has 32 heavy (non-hydrogen) atoms. The Labute approximate surface area is 193 Å². The molecule has 1 fully saturated rings. The van der Waals surface area contributed by atoms with Gasteiger partial charge in [-0.05, 0) is 42.7 Å². The van der Waals surface area contributed by atoms with Crippen molar-refractivity contribution >= 4 is 27.4 Å². The first-order valence-electron chi connectivity index (χ1n) is 10.8. The normalized spacial score (nSPS) is 17.9. The van der Waals surface area contributed by atoms with Crippen LogP contribution in [0.1, 0.15) is 30.3 Å². The summed E-state index contributed by atoms with van der Waals surface area (Å²) in [5.74, 6) is 1.56. The minimum atomic E-state index is -3.51. The van der Waals surface area contributed by atoms with Crippen LogP contribution >= 0.6 is 11.3 Å². The fourth-order valence-corrected chi connectivity index (χ4v) is 6.78. The summed E-state index contributed by atoms with van der Waals surface area (Å²) in [6.45, 7) is 8.29. The van der Waals surface area contributed by atoms with Crippen LogP contribution in [-0.4, -0.2) is 63.0 Å². The first-order chi connectivity index (χ1) is 15.3. The van der Waals surface area contributed by atoms with Crippen LogP contribution in [0.25, 0.3) is 0 Å². The summed E-state index contributed by atoms with van der Waals surface area (Å²) >= 11 is 1.27. The number of hydrogen-bond acceptors (Lipinski definition) is 6. The first kappa shape index (κ1) is 22.9. The lowest BCUT2D eigenvalue weighted by molar-refractivity contribution is 0.165. The molecule has 2 aliphatic heterocycles. The maximum atomic E-state index is 13.0. The summed E-state index contributed by atoms with van der Waals surface area (Å²) in [5.41, 5.74) is 0.951. The number of amides is 2. The second-order valence-electron chi connectivity index (χ2n) is 8.33. The van der Waals surface area contributed by atoms with E-state index in [9.17, 15) is 13.2 Å². The minimum Gasteiger partial charge on any atom is -0.486 e. The lowest BCUT2D eigenvalue weighted by atomic mass is 9.95. The molecule has 0 bridgehead atoms. The minimum absolute atomic E-state index is 0.158. The number of rotatable bonds is 5. The highest BCUT2D eigenvalue weighted by atomic mass is 32.2. The molecule has 1 aromatic heterocycles. The van der Waals surface area contributed by atoms with Gasteiger partial charge >= 0.3 is 6.03 Å². The molecular weight excluding hydrogens is 450 g/mol. The van der Waals surface area contributed by atoms with Gasteiger partial charge in [0.05, 0.1) is 6.04 Å². The van der Waals surface area contributed by atoms with E-state index in [1.54, 1.807) is 11.0 Å². The Morgan fingerprint density at radius 3 is 2.34 bits per heavy atom. The highest BCUT2D eigenvalue weighted by Gasteiger charge is 2.32. The molecule has 1 unspecified atom stereocenters. The summed E-state index contributed by atoms with van der Waals surface area (Å²) in [7, 11) is -3.51. The molecule has 4 rings (SSSR count). The molecule has 1 atom stereocenters. The van der Waals surface area contributed by atoms with E-state index in [2.05, 4.69) is 19.2 Å². The Morgan fingerprint density at radius 2 is 1.72 bits per heavy atom. The van der Waals surface area contributed by atoms with Gasteiger partial charge in [0.1, 0.15) is 17.4 Å². The summed E-state index contributed by atoms with van der Waals surface area (Å²) in [4.78, 5) is 15.6. The van der Waals surface area contributed by atoms with Crippen molar-refractivity contribution in [3.05, 3.63) is 40.8 Å². The number of fused-ring (bicyclic) bond motifs is 1. The Kier molecular flexibility index (Phi) is 6.64. The third-order valence-corrected chi connectivity index (χ3v) is 9.07. The van der Waals surface area contributed by atoms with Crippen molar-refractivity contribution in [1.82, 2.24) is 14.5 Å². The van der Waals surface area contributed by atoms with Crippen molar-refractivity contribution in [2.75, 3.05) is 39.4 Å². The van der Waals surface area contributed by atoms with Gasteiger partial charge in [0.25, 0.3) is 10.0 Å². The van der Waals surface area contributed by atoms with E-state index < -0.39 is 10.0 Å². The van der Waals surface area contributed by atoms with E-state index in [1.807, 2.05) is 31.2 Å². The number of benzene rings is 1. The number of urea groups is 1. The zero-order valence-electron chi connectivity index (χ0n) is 18.5. The molecule has 2 aliphatic rings. The molecule has 10 heteroatoms. The quantitative estimate of drug-likeness (QED) is 0.711. The molecule has 1 N–H and O–H groups in total. The summed E-state index contributed by atoms with van der Waals surface area (Å²) in [5, 5.41) is 3.12. The van der Waals surface area contributed by atoms with E-state index >= 15 is 0 Å². The van der Waals surface area contributed by atoms with Crippen LogP contribution in [0.15, 0.2) is 34.5 Å². The van der Waals surface area contributed by atoms with E-state index in [0.717, 1.165) is 10.4 Å². The smallest absolute Gasteiger partial charge is 0.317 e. The second kappa shape index (κ2) is 9.29. The number of carbonyl (C=O) groups is 1. The molecule has 174 valence electrons. The lowest BCUT2D eigenvalue weighted by Gasteiger charge is -2.35. The highest BCUT2D eigenvalue weighted by molar-refractivity contribution is 7.91. The maximum absolute atomic E-state index is 13.0. The number of thiophene rings is 1. The largest absolute Gasteiger partial charge is 0.486 e. The number of ether oxygens (including phenoxy) is 2. The molecule has 2 aromatic rings. The number of sulfonamides is 1. The van der Waals surface area contributed by atoms with Crippen molar-refractivity contribution in [2.45, 2.75) is 31.0 Å². The van der Waals surface area contributed by atoms with Crippen molar-refractivity contribution in [3.63, 3.8) is 0 Å². The summed E-state index contributed by atoms with van der Waals surface area (Å²) in [6, 6.07) is 8.82. The van der Waals surface area contributed by atoms with Crippen LogP contribution < -0.4 is 14.8 Å². The number of nitrogens with zero attached hydrogens (tertiary/aromatic N) is 2. The van der Waals surface area contributed by atoms with Crippen molar-refractivity contribution in [3.8, 4) is 11.5 Å². The Balaban J connectivity index is 1.40. The average Bonchev–Trinajstić information content (AvgIpc) is 3.24. The van der Waals surface area contributed by atoms with Crippen LogP contribution in [-0.2, 0) is 10.0 Å². The maximum Gasteiger partial charge on any atom is 0.317 e. The average molecular weight is 480 g/mol. The van der Waals surface area contributed by atoms with Crippen molar-refractivity contribution in [2.24, 2.45) is 5.92 Å². The zero-order chi connectivity index (χ0) is 22.9. The molecule has 2 amide bonds. The SMILES string of the molecule is Cc1ccc(S(=O)(=O)N2CCN(C(=O)NC(c3ccc4c(c3)OCCO4)C(C)C)CC2)s1. The topological polar surface area (TPSA) is 88.2 Å². The van der Waals surface area contributed by atoms with Gasteiger partial charge in [0.2, 0.25) is 0 Å². The molecule has 0 aliphatic carbocycles. The number of carbonyl (C=O) groups excluding carboxylic acids is 1. The van der Waals surface area contributed by atoms with Gasteiger partial charge in [0.15, 0.2) is 11.5 Å². The molecule has 0 saturated carbocycles. The molecule has 0 spiro atoms. The van der Waals surface area contributed by atoms with Gasteiger partial charge in [-0.2, -0.15) is 4.31 Å². The van der Waals surface area contributed by atoms with Crippen LogP contribution in [0, 0.1) is 12.8 Å². The number of nitrogens with one attached hydrogen (secondary N) is 1. The van der Waals surface area contributed by atoms with Crippen LogP contribution in [0.2, 0.25) is 0 Å². The standard InChI is InChI=1S/C22H29N3O5S2/c1-15(2)21(17-5-6-18-19(14-17)30-13-12-29-18)23-22(26)24-8-10-25(11-9-24)32(27,28)20-7-4-16(3)31-20/h4-7,14-15,21H,8-13H2,1-3H3,(H,23,26). The third kappa shape index (κ3) is 4.72. The molecule has 0 radical (unpaired) electrons. The Morgan fingerprint density at radius 1 is 1.03 bits per heavy atom. The van der Waals surface area contributed by atoms with Gasteiger partial charge in [-0.25, -0.2) is 13.2 Å². The van der Waals surface area contributed by atoms with Crippen LogP contribution in [0.3, 0.4) is 0 Å². The van der Waals surface area contributed by atoms with E-state index in [-0.39, 0.29) is 31.1 Å². The van der Waals surface area contributed by atoms with Crippen LogP contribution in [0.4, 0.5) is 4.79 Å². The summed E-state index contributed by atoms with van der Waals surface area (Å²) in [6.07, 6.45) is 0. The fraction of sp³-hybridized carbons (Fsp3) is 0.500. The molecule has 8 nitrogen and oxygen atoms in total. The summed E-state index contributed by atoms with van der Waals surface area (Å²) < 4.78 is 38.8. The second-order valence-corrected chi connectivity index (χ2v) is 11.8. The van der Waals surface area contributed by atoms with Gasteiger partial charge in [0, 0.05) is 31.1 Å².